The monoisotopic (exact) mass is 283 g/mol. The van der Waals surface area contributed by atoms with Crippen LogP contribution >= 0.6 is 0 Å². The third-order valence-electron chi connectivity index (χ3n) is 3.19. The average molecular weight is 283 g/mol. The Balaban J connectivity index is 2.21. The number of sulfonamides is 1. The zero-order chi connectivity index (χ0) is 13.9. The fourth-order valence-electron chi connectivity index (χ4n) is 2.21. The average Bonchev–Trinajstić information content (AvgIpc) is 2.37. The molecule has 0 saturated heterocycles. The quantitative estimate of drug-likeness (QED) is 0.842. The van der Waals surface area contributed by atoms with Crippen LogP contribution in [-0.4, -0.2) is 47.0 Å². The Labute approximate surface area is 115 Å². The zero-order valence-corrected chi connectivity index (χ0v) is 12.3. The Morgan fingerprint density at radius 3 is 2.89 bits per heavy atom. The van der Waals surface area contributed by atoms with Crippen molar-refractivity contribution in [2.45, 2.75) is 17.7 Å². The van der Waals surface area contributed by atoms with Gasteiger partial charge in [0.2, 0.25) is 10.0 Å². The maximum absolute atomic E-state index is 12.3. The Hall–Kier alpha value is -1.11. The SMILES string of the molecule is CN(C)CCNS(=O)(=O)c1cccc2c1CCCN2. The molecule has 1 aliphatic heterocycles. The highest BCUT2D eigenvalue weighted by atomic mass is 32.2. The van der Waals surface area contributed by atoms with Gasteiger partial charge in [0.05, 0.1) is 4.90 Å². The molecule has 2 N–H and O–H groups in total. The summed E-state index contributed by atoms with van der Waals surface area (Å²) in [6, 6.07) is 5.41. The number of fused-ring (bicyclic) bond motifs is 1. The van der Waals surface area contributed by atoms with Crippen LogP contribution in [0.1, 0.15) is 12.0 Å². The van der Waals surface area contributed by atoms with E-state index in [0.717, 1.165) is 30.6 Å². The van der Waals surface area contributed by atoms with Crippen LogP contribution in [0.5, 0.6) is 0 Å². The van der Waals surface area contributed by atoms with Gasteiger partial charge in [0.25, 0.3) is 0 Å². The molecule has 0 saturated carbocycles. The van der Waals surface area contributed by atoms with E-state index in [1.165, 1.54) is 0 Å². The second-order valence-corrected chi connectivity index (χ2v) is 6.75. The lowest BCUT2D eigenvalue weighted by Gasteiger charge is -2.21. The molecule has 19 heavy (non-hydrogen) atoms. The molecule has 1 heterocycles. The third kappa shape index (κ3) is 3.46. The summed E-state index contributed by atoms with van der Waals surface area (Å²) in [5.41, 5.74) is 1.85. The summed E-state index contributed by atoms with van der Waals surface area (Å²) in [5.74, 6) is 0. The van der Waals surface area contributed by atoms with Crippen molar-refractivity contribution in [3.8, 4) is 0 Å². The highest BCUT2D eigenvalue weighted by Crippen LogP contribution is 2.28. The van der Waals surface area contributed by atoms with E-state index in [4.69, 9.17) is 0 Å². The van der Waals surface area contributed by atoms with Crippen LogP contribution in [0.4, 0.5) is 5.69 Å². The van der Waals surface area contributed by atoms with E-state index in [0.29, 0.717) is 18.0 Å². The standard InChI is InChI=1S/C13H21N3O2S/c1-16(2)10-9-15-19(17,18)13-7-3-6-12-11(13)5-4-8-14-12/h3,6-7,14-15H,4-5,8-10H2,1-2H3. The summed E-state index contributed by atoms with van der Waals surface area (Å²) in [7, 11) is 0.424. The van der Waals surface area contributed by atoms with Crippen molar-refractivity contribution in [3.63, 3.8) is 0 Å². The highest BCUT2D eigenvalue weighted by Gasteiger charge is 2.21. The van der Waals surface area contributed by atoms with Gasteiger partial charge in [-0.3, -0.25) is 0 Å². The van der Waals surface area contributed by atoms with Gasteiger partial charge in [-0.2, -0.15) is 0 Å². The van der Waals surface area contributed by atoms with Crippen molar-refractivity contribution in [3.05, 3.63) is 23.8 Å². The number of benzene rings is 1. The van der Waals surface area contributed by atoms with E-state index < -0.39 is 10.0 Å². The van der Waals surface area contributed by atoms with Crippen LogP contribution < -0.4 is 10.0 Å². The van der Waals surface area contributed by atoms with Crippen LogP contribution in [0.15, 0.2) is 23.1 Å². The topological polar surface area (TPSA) is 61.4 Å². The Morgan fingerprint density at radius 2 is 2.16 bits per heavy atom. The summed E-state index contributed by atoms with van der Waals surface area (Å²) in [4.78, 5) is 2.36. The number of hydrogen-bond donors (Lipinski definition) is 2. The van der Waals surface area contributed by atoms with E-state index >= 15 is 0 Å². The summed E-state index contributed by atoms with van der Waals surface area (Å²) in [6.07, 6.45) is 1.78. The zero-order valence-electron chi connectivity index (χ0n) is 11.4. The summed E-state index contributed by atoms with van der Waals surface area (Å²) >= 11 is 0. The molecule has 0 radical (unpaired) electrons. The van der Waals surface area contributed by atoms with Crippen LogP contribution in [0.2, 0.25) is 0 Å². The lowest BCUT2D eigenvalue weighted by molar-refractivity contribution is 0.412. The molecule has 0 aliphatic carbocycles. The van der Waals surface area contributed by atoms with Crippen molar-refractivity contribution in [1.82, 2.24) is 9.62 Å². The van der Waals surface area contributed by atoms with Crippen molar-refractivity contribution in [1.29, 1.82) is 0 Å². The molecule has 0 aromatic heterocycles. The Kier molecular flexibility index (Phi) is 4.44. The summed E-state index contributed by atoms with van der Waals surface area (Å²) in [6.45, 7) is 2.02. The van der Waals surface area contributed by atoms with Gasteiger partial charge >= 0.3 is 0 Å². The van der Waals surface area contributed by atoms with E-state index in [2.05, 4.69) is 10.0 Å². The lowest BCUT2D eigenvalue weighted by Crippen LogP contribution is -2.32. The first-order valence-corrected chi connectivity index (χ1v) is 7.99. The van der Waals surface area contributed by atoms with Gasteiger partial charge in [0.15, 0.2) is 0 Å². The Morgan fingerprint density at radius 1 is 1.37 bits per heavy atom. The maximum Gasteiger partial charge on any atom is 0.240 e. The molecule has 0 fully saturated rings. The van der Waals surface area contributed by atoms with Crippen molar-refractivity contribution < 1.29 is 8.42 Å². The summed E-state index contributed by atoms with van der Waals surface area (Å²) < 4.78 is 27.3. The fraction of sp³-hybridized carbons (Fsp3) is 0.538. The molecule has 106 valence electrons. The number of nitrogens with zero attached hydrogens (tertiary/aromatic N) is 1. The normalized spacial score (nSPS) is 15.1. The van der Waals surface area contributed by atoms with E-state index in [-0.39, 0.29) is 0 Å². The minimum absolute atomic E-state index is 0.413. The number of nitrogens with one attached hydrogen (secondary N) is 2. The first-order valence-electron chi connectivity index (χ1n) is 6.51. The molecule has 5 nitrogen and oxygen atoms in total. The molecule has 0 amide bonds. The van der Waals surface area contributed by atoms with Gasteiger partial charge in [0.1, 0.15) is 0 Å². The number of rotatable bonds is 5. The van der Waals surface area contributed by atoms with Crippen molar-refractivity contribution >= 4 is 15.7 Å². The van der Waals surface area contributed by atoms with Gasteiger partial charge in [-0.25, -0.2) is 13.1 Å². The van der Waals surface area contributed by atoms with Gasteiger partial charge in [-0.1, -0.05) is 6.07 Å². The van der Waals surface area contributed by atoms with E-state index in [1.807, 2.05) is 25.1 Å². The molecule has 0 bridgehead atoms. The van der Waals surface area contributed by atoms with Crippen molar-refractivity contribution in [2.24, 2.45) is 0 Å². The van der Waals surface area contributed by atoms with E-state index in [9.17, 15) is 8.42 Å². The minimum atomic E-state index is -3.41. The van der Waals surface area contributed by atoms with Crippen LogP contribution in [-0.2, 0) is 16.4 Å². The van der Waals surface area contributed by atoms with Gasteiger partial charge in [0, 0.05) is 25.3 Å². The molecule has 1 aromatic rings. The maximum atomic E-state index is 12.3. The Bertz CT molecular complexity index is 541. The first kappa shape index (κ1) is 14.3. The van der Waals surface area contributed by atoms with Crippen LogP contribution in [0.3, 0.4) is 0 Å². The van der Waals surface area contributed by atoms with Gasteiger partial charge < -0.3 is 10.2 Å². The minimum Gasteiger partial charge on any atom is -0.385 e. The molecule has 0 unspecified atom stereocenters. The molecule has 0 spiro atoms. The first-order chi connectivity index (χ1) is 9.00. The van der Waals surface area contributed by atoms with Crippen LogP contribution in [0.25, 0.3) is 0 Å². The third-order valence-corrected chi connectivity index (χ3v) is 4.74. The summed E-state index contributed by atoms with van der Waals surface area (Å²) in [5, 5.41) is 3.25. The molecular weight excluding hydrogens is 262 g/mol. The molecule has 6 heteroatoms. The van der Waals surface area contributed by atoms with Crippen LogP contribution in [0, 0.1) is 0 Å². The second kappa shape index (κ2) is 5.90. The van der Waals surface area contributed by atoms with E-state index in [1.54, 1.807) is 12.1 Å². The number of hydrogen-bond acceptors (Lipinski definition) is 4. The second-order valence-electron chi connectivity index (χ2n) is 5.01. The fourth-order valence-corrected chi connectivity index (χ4v) is 3.52. The smallest absolute Gasteiger partial charge is 0.240 e. The predicted octanol–water partition coefficient (Wildman–Crippen LogP) is 0.885. The lowest BCUT2D eigenvalue weighted by atomic mass is 10.0. The highest BCUT2D eigenvalue weighted by molar-refractivity contribution is 7.89. The number of anilines is 1. The molecular formula is C13H21N3O2S. The van der Waals surface area contributed by atoms with Gasteiger partial charge in [-0.05, 0) is 44.6 Å². The number of likely N-dealkylation sites (N-methyl/N-ethyl adjacent to an activating group) is 1. The molecule has 0 atom stereocenters. The molecule has 1 aliphatic rings. The van der Waals surface area contributed by atoms with Crippen molar-refractivity contribution in [2.75, 3.05) is 39.0 Å². The molecule has 1 aromatic carbocycles. The predicted molar refractivity (Wildman–Crippen MR) is 77.0 cm³/mol. The largest absolute Gasteiger partial charge is 0.385 e. The molecule has 2 rings (SSSR count). The van der Waals surface area contributed by atoms with Gasteiger partial charge in [-0.15, -0.1) is 0 Å².